The Hall–Kier alpha value is -1.77. The van der Waals surface area contributed by atoms with Crippen LogP contribution in [0.3, 0.4) is 0 Å². The molecule has 1 amide bonds. The van der Waals surface area contributed by atoms with Gasteiger partial charge < -0.3 is 9.88 Å². The van der Waals surface area contributed by atoms with Crippen molar-refractivity contribution in [1.82, 2.24) is 9.88 Å². The van der Waals surface area contributed by atoms with E-state index < -0.39 is 0 Å². The van der Waals surface area contributed by atoms with Crippen molar-refractivity contribution in [2.75, 3.05) is 6.54 Å². The van der Waals surface area contributed by atoms with Crippen LogP contribution in [0.15, 0.2) is 18.2 Å². The molecule has 22 heavy (non-hydrogen) atoms. The Labute approximate surface area is 132 Å². The maximum atomic E-state index is 12.6. The van der Waals surface area contributed by atoms with E-state index in [0.717, 1.165) is 19.5 Å². The molecule has 0 saturated carbocycles. The molecule has 0 unspecified atom stereocenters. The average molecular weight is 298 g/mol. The van der Waals surface area contributed by atoms with E-state index in [1.165, 1.54) is 27.7 Å². The van der Waals surface area contributed by atoms with E-state index in [2.05, 4.69) is 37.0 Å². The van der Waals surface area contributed by atoms with Gasteiger partial charge in [-0.2, -0.15) is 0 Å². The first-order chi connectivity index (χ1) is 10.3. The second-order valence-corrected chi connectivity index (χ2v) is 7.77. The highest BCUT2D eigenvalue weighted by Crippen LogP contribution is 2.31. The smallest absolute Gasteiger partial charge is 0.228 e. The van der Waals surface area contributed by atoms with Crippen molar-refractivity contribution in [1.29, 1.82) is 0 Å². The minimum atomic E-state index is -0.313. The van der Waals surface area contributed by atoms with Gasteiger partial charge in [0.2, 0.25) is 5.91 Å². The van der Waals surface area contributed by atoms with E-state index in [1.807, 2.05) is 25.7 Å². The van der Waals surface area contributed by atoms with Gasteiger partial charge in [-0.1, -0.05) is 40.7 Å². The monoisotopic (exact) mass is 298 g/mol. The molecule has 118 valence electrons. The molecule has 2 aromatic rings. The predicted octanol–water partition coefficient (Wildman–Crippen LogP) is 4.22. The SMILES string of the molecule is CC(C)c1ccc2[nH]c3c(c2c1)CN(C(=O)C(C)(C)C)CC3. The zero-order valence-electron chi connectivity index (χ0n) is 14.3. The number of hydrogen-bond donors (Lipinski definition) is 1. The van der Waals surface area contributed by atoms with E-state index in [0.29, 0.717) is 5.92 Å². The number of fused-ring (bicyclic) bond motifs is 3. The molecule has 3 heteroatoms. The van der Waals surface area contributed by atoms with Gasteiger partial charge in [0.25, 0.3) is 0 Å². The molecule has 1 aromatic heterocycles. The van der Waals surface area contributed by atoms with Gasteiger partial charge in [-0.25, -0.2) is 0 Å². The lowest BCUT2D eigenvalue weighted by Crippen LogP contribution is -2.42. The third-order valence-electron chi connectivity index (χ3n) is 4.59. The summed E-state index contributed by atoms with van der Waals surface area (Å²) in [5.41, 5.74) is 4.84. The topological polar surface area (TPSA) is 36.1 Å². The summed E-state index contributed by atoms with van der Waals surface area (Å²) in [6.45, 7) is 12.0. The molecule has 1 N–H and O–H groups in total. The van der Waals surface area contributed by atoms with Crippen molar-refractivity contribution >= 4 is 16.8 Å². The van der Waals surface area contributed by atoms with Gasteiger partial charge in [-0.05, 0) is 23.6 Å². The second kappa shape index (κ2) is 5.15. The van der Waals surface area contributed by atoms with Crippen molar-refractivity contribution in [3.05, 3.63) is 35.0 Å². The van der Waals surface area contributed by atoms with Crippen LogP contribution in [0, 0.1) is 5.41 Å². The maximum Gasteiger partial charge on any atom is 0.228 e. The van der Waals surface area contributed by atoms with E-state index in [4.69, 9.17) is 0 Å². The van der Waals surface area contributed by atoms with E-state index in [-0.39, 0.29) is 11.3 Å². The maximum absolute atomic E-state index is 12.6. The lowest BCUT2D eigenvalue weighted by molar-refractivity contribution is -0.140. The number of nitrogens with zero attached hydrogens (tertiary/aromatic N) is 1. The summed E-state index contributed by atoms with van der Waals surface area (Å²) in [5, 5.41) is 1.28. The number of aromatic amines is 1. The molecule has 1 aromatic carbocycles. The number of amides is 1. The molecule has 0 radical (unpaired) electrons. The van der Waals surface area contributed by atoms with Crippen LogP contribution in [0.5, 0.6) is 0 Å². The van der Waals surface area contributed by atoms with Crippen LogP contribution in [0.4, 0.5) is 0 Å². The summed E-state index contributed by atoms with van der Waals surface area (Å²) >= 11 is 0. The Kier molecular flexibility index (Phi) is 3.54. The average Bonchev–Trinajstić information content (AvgIpc) is 2.82. The number of benzene rings is 1. The third-order valence-corrected chi connectivity index (χ3v) is 4.59. The van der Waals surface area contributed by atoms with Gasteiger partial charge in [0.05, 0.1) is 0 Å². The lowest BCUT2D eigenvalue weighted by atomic mass is 9.92. The van der Waals surface area contributed by atoms with Crippen LogP contribution in [0.25, 0.3) is 10.9 Å². The van der Waals surface area contributed by atoms with Crippen LogP contribution >= 0.6 is 0 Å². The van der Waals surface area contributed by atoms with Crippen molar-refractivity contribution in [3.8, 4) is 0 Å². The molecular formula is C19H26N2O. The lowest BCUT2D eigenvalue weighted by Gasteiger charge is -2.32. The predicted molar refractivity (Wildman–Crippen MR) is 91.0 cm³/mol. The molecule has 0 fully saturated rings. The Bertz CT molecular complexity index is 719. The number of nitrogens with one attached hydrogen (secondary N) is 1. The molecule has 0 saturated heterocycles. The zero-order chi connectivity index (χ0) is 16.1. The van der Waals surface area contributed by atoms with Gasteiger partial charge in [-0.3, -0.25) is 4.79 Å². The molecule has 3 nitrogen and oxygen atoms in total. The standard InChI is InChI=1S/C19H26N2O/c1-12(2)13-6-7-16-14(10-13)15-11-21(9-8-17(15)20-16)18(22)19(3,4)5/h6-7,10,12,20H,8-9,11H2,1-5H3. The summed E-state index contributed by atoms with van der Waals surface area (Å²) in [6, 6.07) is 6.67. The van der Waals surface area contributed by atoms with E-state index in [1.54, 1.807) is 0 Å². The van der Waals surface area contributed by atoms with Crippen molar-refractivity contribution < 1.29 is 4.79 Å². The van der Waals surface area contributed by atoms with Gasteiger partial charge >= 0.3 is 0 Å². The van der Waals surface area contributed by atoms with Crippen LogP contribution in [-0.2, 0) is 17.8 Å². The summed E-state index contributed by atoms with van der Waals surface area (Å²) in [5.74, 6) is 0.762. The number of carbonyl (C=O) groups excluding carboxylic acids is 1. The molecule has 3 rings (SSSR count). The fourth-order valence-electron chi connectivity index (χ4n) is 3.24. The highest BCUT2D eigenvalue weighted by Gasteiger charge is 2.30. The fraction of sp³-hybridized carbons (Fsp3) is 0.526. The van der Waals surface area contributed by atoms with Crippen LogP contribution < -0.4 is 0 Å². The van der Waals surface area contributed by atoms with Crippen molar-refractivity contribution in [2.24, 2.45) is 5.41 Å². The normalized spacial score (nSPS) is 15.5. The molecule has 1 aliphatic heterocycles. The minimum Gasteiger partial charge on any atom is -0.358 e. The van der Waals surface area contributed by atoms with Crippen LogP contribution in [0.1, 0.15) is 57.4 Å². The van der Waals surface area contributed by atoms with E-state index in [9.17, 15) is 4.79 Å². The number of rotatable bonds is 1. The minimum absolute atomic E-state index is 0.243. The molecule has 0 bridgehead atoms. The fourth-order valence-corrected chi connectivity index (χ4v) is 3.24. The van der Waals surface area contributed by atoms with Gasteiger partial charge in [0.15, 0.2) is 0 Å². The largest absolute Gasteiger partial charge is 0.358 e. The van der Waals surface area contributed by atoms with Crippen molar-refractivity contribution in [3.63, 3.8) is 0 Å². The number of carbonyl (C=O) groups is 1. The molecule has 2 heterocycles. The quantitative estimate of drug-likeness (QED) is 0.840. The van der Waals surface area contributed by atoms with Gasteiger partial charge in [0, 0.05) is 47.1 Å². The Balaban J connectivity index is 2.00. The third kappa shape index (κ3) is 2.53. The molecule has 0 atom stereocenters. The first kappa shape index (κ1) is 15.1. The van der Waals surface area contributed by atoms with Gasteiger partial charge in [-0.15, -0.1) is 0 Å². The zero-order valence-corrected chi connectivity index (χ0v) is 14.3. The van der Waals surface area contributed by atoms with Crippen LogP contribution in [0.2, 0.25) is 0 Å². The number of aromatic nitrogens is 1. The summed E-state index contributed by atoms with van der Waals surface area (Å²) in [6.07, 6.45) is 0.919. The molecule has 1 aliphatic rings. The summed E-state index contributed by atoms with van der Waals surface area (Å²) in [4.78, 5) is 18.1. The Morgan fingerprint density at radius 2 is 2.00 bits per heavy atom. The second-order valence-electron chi connectivity index (χ2n) is 7.77. The van der Waals surface area contributed by atoms with Crippen LogP contribution in [-0.4, -0.2) is 22.3 Å². The summed E-state index contributed by atoms with van der Waals surface area (Å²) < 4.78 is 0. The van der Waals surface area contributed by atoms with Crippen molar-refractivity contribution in [2.45, 2.75) is 53.5 Å². The molecule has 0 aliphatic carbocycles. The Morgan fingerprint density at radius 3 is 2.64 bits per heavy atom. The number of H-pyrrole nitrogens is 1. The first-order valence-corrected chi connectivity index (χ1v) is 8.20. The summed E-state index contributed by atoms with van der Waals surface area (Å²) in [7, 11) is 0. The Morgan fingerprint density at radius 1 is 1.27 bits per heavy atom. The highest BCUT2D eigenvalue weighted by atomic mass is 16.2. The number of hydrogen-bond acceptors (Lipinski definition) is 1. The first-order valence-electron chi connectivity index (χ1n) is 8.20. The van der Waals surface area contributed by atoms with Gasteiger partial charge in [0.1, 0.15) is 0 Å². The van der Waals surface area contributed by atoms with E-state index >= 15 is 0 Å². The highest BCUT2D eigenvalue weighted by molar-refractivity contribution is 5.87. The molecular weight excluding hydrogens is 272 g/mol. The molecule has 0 spiro atoms.